The van der Waals surface area contributed by atoms with Crippen LogP contribution in [0.3, 0.4) is 0 Å². The van der Waals surface area contributed by atoms with E-state index in [1.807, 2.05) is 42.5 Å². The third-order valence-corrected chi connectivity index (χ3v) is 6.14. The van der Waals surface area contributed by atoms with Crippen molar-refractivity contribution in [2.24, 2.45) is 10.7 Å². The van der Waals surface area contributed by atoms with Crippen LogP contribution in [0.5, 0.6) is 11.5 Å². The number of hydrogen-bond acceptors (Lipinski definition) is 7. The lowest BCUT2D eigenvalue weighted by atomic mass is 9.79. The molecule has 33 heavy (non-hydrogen) atoms. The van der Waals surface area contributed by atoms with Crippen LogP contribution in [0.2, 0.25) is 0 Å². The molecular formula is C25H21FN4O3. The minimum Gasteiger partial charge on any atom is -0.452 e. The topological polar surface area (TPSA) is 91.9 Å². The predicted molar refractivity (Wildman–Crippen MR) is 121 cm³/mol. The van der Waals surface area contributed by atoms with Crippen LogP contribution >= 0.6 is 0 Å². The molecule has 3 aromatic rings. The van der Waals surface area contributed by atoms with Crippen molar-refractivity contribution >= 4 is 11.4 Å². The van der Waals surface area contributed by atoms with Crippen molar-refractivity contribution in [3.8, 4) is 22.6 Å². The Morgan fingerprint density at radius 3 is 2.76 bits per heavy atom. The molecule has 3 aliphatic heterocycles. The summed E-state index contributed by atoms with van der Waals surface area (Å²) in [5, 5.41) is 0. The summed E-state index contributed by atoms with van der Waals surface area (Å²) in [7, 11) is 0. The average molecular weight is 444 g/mol. The number of ether oxygens (including phenoxy) is 3. The Morgan fingerprint density at radius 2 is 1.97 bits per heavy atom. The van der Waals surface area contributed by atoms with E-state index in [4.69, 9.17) is 24.9 Å². The largest absolute Gasteiger partial charge is 0.452 e. The van der Waals surface area contributed by atoms with Crippen molar-refractivity contribution in [2.45, 2.75) is 12.0 Å². The van der Waals surface area contributed by atoms with Gasteiger partial charge in [-0.05, 0) is 41.8 Å². The standard InChI is InChI=1S/C25H21FN4O3/c26-24-23-19(10-20(29-24)17-4-2-8-31-12-17)25(14-32-13-22(27)30-25)18-9-15(5-6-21(18)33-23)16-3-1-7-28-11-16/h1,3-7,9-11H,2,8,12-14H2,(H2,27,30)/t25-/m0/s1. The number of benzene rings is 1. The smallest absolute Gasteiger partial charge is 0.256 e. The van der Waals surface area contributed by atoms with Crippen molar-refractivity contribution in [2.75, 3.05) is 26.4 Å². The summed E-state index contributed by atoms with van der Waals surface area (Å²) in [6, 6.07) is 11.4. The molecule has 0 radical (unpaired) electrons. The van der Waals surface area contributed by atoms with Gasteiger partial charge in [0, 0.05) is 29.1 Å². The van der Waals surface area contributed by atoms with Gasteiger partial charge < -0.3 is 19.9 Å². The summed E-state index contributed by atoms with van der Waals surface area (Å²) in [6.45, 7) is 1.44. The van der Waals surface area contributed by atoms with Gasteiger partial charge in [0.25, 0.3) is 5.95 Å². The van der Waals surface area contributed by atoms with E-state index >= 15 is 4.39 Å². The highest BCUT2D eigenvalue weighted by Crippen LogP contribution is 2.52. The molecule has 166 valence electrons. The molecule has 3 aliphatic rings. The van der Waals surface area contributed by atoms with E-state index in [2.05, 4.69) is 9.97 Å². The Bertz CT molecular complexity index is 1310. The molecule has 0 fully saturated rings. The first-order valence-corrected chi connectivity index (χ1v) is 10.8. The average Bonchev–Trinajstić information content (AvgIpc) is 2.86. The Kier molecular flexibility index (Phi) is 4.70. The zero-order chi connectivity index (χ0) is 22.4. The molecule has 8 heteroatoms. The first kappa shape index (κ1) is 20.0. The van der Waals surface area contributed by atoms with Crippen LogP contribution in [-0.2, 0) is 15.0 Å². The van der Waals surface area contributed by atoms with Gasteiger partial charge >= 0.3 is 0 Å². The molecule has 2 N–H and O–H groups in total. The molecule has 0 saturated carbocycles. The van der Waals surface area contributed by atoms with E-state index in [0.717, 1.165) is 28.7 Å². The van der Waals surface area contributed by atoms with Crippen LogP contribution in [0.15, 0.2) is 59.9 Å². The van der Waals surface area contributed by atoms with Crippen molar-refractivity contribution in [1.29, 1.82) is 0 Å². The number of aromatic nitrogens is 2. The van der Waals surface area contributed by atoms with Gasteiger partial charge in [-0.3, -0.25) is 9.98 Å². The first-order chi connectivity index (χ1) is 16.1. The van der Waals surface area contributed by atoms with E-state index in [1.165, 1.54) is 0 Å². The first-order valence-electron chi connectivity index (χ1n) is 10.8. The number of halogens is 1. The second-order valence-electron chi connectivity index (χ2n) is 8.26. The summed E-state index contributed by atoms with van der Waals surface area (Å²) in [5.41, 5.74) is 9.61. The fourth-order valence-corrected chi connectivity index (χ4v) is 4.61. The van der Waals surface area contributed by atoms with Gasteiger partial charge in [0.2, 0.25) is 0 Å². The Labute approximate surface area is 189 Å². The fraction of sp³-hybridized carbons (Fsp3) is 0.240. The van der Waals surface area contributed by atoms with Crippen molar-refractivity contribution in [3.63, 3.8) is 0 Å². The van der Waals surface area contributed by atoms with E-state index in [9.17, 15) is 0 Å². The molecule has 0 bridgehead atoms. The molecule has 2 aromatic heterocycles. The van der Waals surface area contributed by atoms with Crippen molar-refractivity contribution < 1.29 is 18.6 Å². The van der Waals surface area contributed by atoms with Gasteiger partial charge in [0.15, 0.2) is 5.75 Å². The number of nitrogens with zero attached hydrogens (tertiary/aromatic N) is 3. The summed E-state index contributed by atoms with van der Waals surface area (Å²) < 4.78 is 32.8. The lowest BCUT2D eigenvalue weighted by molar-refractivity contribution is 0.109. The van der Waals surface area contributed by atoms with Gasteiger partial charge in [-0.2, -0.15) is 4.39 Å². The minimum absolute atomic E-state index is 0.0414. The van der Waals surface area contributed by atoms with Crippen molar-refractivity contribution in [3.05, 3.63) is 77.6 Å². The molecule has 1 aromatic carbocycles. The maximum Gasteiger partial charge on any atom is 0.256 e. The molecule has 0 amide bonds. The molecule has 0 saturated heterocycles. The maximum atomic E-state index is 15.3. The van der Waals surface area contributed by atoms with E-state index in [0.29, 0.717) is 36.1 Å². The zero-order valence-corrected chi connectivity index (χ0v) is 17.8. The Balaban J connectivity index is 1.58. The predicted octanol–water partition coefficient (Wildman–Crippen LogP) is 3.82. The van der Waals surface area contributed by atoms with Gasteiger partial charge in [-0.15, -0.1) is 0 Å². The van der Waals surface area contributed by atoms with Crippen LogP contribution in [0, 0.1) is 5.95 Å². The third kappa shape index (κ3) is 3.30. The second kappa shape index (κ2) is 7.75. The summed E-state index contributed by atoms with van der Waals surface area (Å²) in [6.07, 6.45) is 6.29. The fourth-order valence-electron chi connectivity index (χ4n) is 4.61. The second-order valence-corrected chi connectivity index (χ2v) is 8.26. The van der Waals surface area contributed by atoms with Crippen LogP contribution in [0.25, 0.3) is 16.7 Å². The molecule has 1 spiro atoms. The van der Waals surface area contributed by atoms with Gasteiger partial charge in [0.1, 0.15) is 23.7 Å². The molecule has 5 heterocycles. The SMILES string of the molecule is NC1=N[C@@]2(COC1)c1cc(-c3cccnc3)ccc1Oc1c2cc(C2=CCCOC2)nc1F. The van der Waals surface area contributed by atoms with Gasteiger partial charge in [-0.1, -0.05) is 18.2 Å². The number of fused-ring (bicyclic) bond motifs is 4. The van der Waals surface area contributed by atoms with Crippen LogP contribution in [0.4, 0.5) is 4.39 Å². The molecular weight excluding hydrogens is 423 g/mol. The zero-order valence-electron chi connectivity index (χ0n) is 17.8. The monoisotopic (exact) mass is 444 g/mol. The Morgan fingerprint density at radius 1 is 1.03 bits per heavy atom. The van der Waals surface area contributed by atoms with E-state index in [-0.39, 0.29) is 19.0 Å². The quantitative estimate of drug-likeness (QED) is 0.604. The van der Waals surface area contributed by atoms with Gasteiger partial charge in [0.05, 0.1) is 25.5 Å². The lowest BCUT2D eigenvalue weighted by Crippen LogP contribution is -2.42. The highest BCUT2D eigenvalue weighted by Gasteiger charge is 2.46. The van der Waals surface area contributed by atoms with E-state index < -0.39 is 11.5 Å². The molecule has 0 unspecified atom stereocenters. The minimum atomic E-state index is -1.06. The summed E-state index contributed by atoms with van der Waals surface area (Å²) >= 11 is 0. The number of amidine groups is 1. The summed E-state index contributed by atoms with van der Waals surface area (Å²) in [5.74, 6) is 0.172. The van der Waals surface area contributed by atoms with Crippen molar-refractivity contribution in [1.82, 2.24) is 9.97 Å². The normalized spacial score (nSPS) is 21.5. The molecule has 6 rings (SSSR count). The highest BCUT2D eigenvalue weighted by molar-refractivity contribution is 5.84. The molecule has 0 aliphatic carbocycles. The molecule has 7 nitrogen and oxygen atoms in total. The van der Waals surface area contributed by atoms with E-state index in [1.54, 1.807) is 12.4 Å². The van der Waals surface area contributed by atoms with Crippen LogP contribution in [-0.4, -0.2) is 42.2 Å². The maximum absolute atomic E-state index is 15.3. The Hall–Kier alpha value is -3.62. The summed E-state index contributed by atoms with van der Waals surface area (Å²) in [4.78, 5) is 13.2. The van der Waals surface area contributed by atoms with Crippen LogP contribution < -0.4 is 10.5 Å². The number of aliphatic imine (C=N–C) groups is 1. The number of hydrogen-bond donors (Lipinski definition) is 1. The number of pyridine rings is 2. The molecule has 1 atom stereocenters. The third-order valence-electron chi connectivity index (χ3n) is 6.14. The van der Waals surface area contributed by atoms with Gasteiger partial charge in [-0.25, -0.2) is 4.98 Å². The lowest BCUT2D eigenvalue weighted by Gasteiger charge is -2.39. The van der Waals surface area contributed by atoms with Crippen LogP contribution in [0.1, 0.15) is 23.2 Å². The highest BCUT2D eigenvalue weighted by atomic mass is 19.1. The number of nitrogens with two attached hydrogens (primary N) is 1. The number of rotatable bonds is 2.